The van der Waals surface area contributed by atoms with E-state index in [0.29, 0.717) is 0 Å². The van der Waals surface area contributed by atoms with Crippen molar-refractivity contribution in [1.82, 2.24) is 9.55 Å². The molecular formula is C20H13BrN2. The largest absolute Gasteiger partial charge is 0.354 e. The molecule has 2 heterocycles. The number of benzene rings is 3. The summed E-state index contributed by atoms with van der Waals surface area (Å²) in [6.07, 6.45) is 2.14. The highest BCUT2D eigenvalue weighted by Crippen LogP contribution is 2.33. The molecule has 3 aromatic carbocycles. The Balaban J connectivity index is 1.88. The summed E-state index contributed by atoms with van der Waals surface area (Å²) in [7, 11) is 0. The summed E-state index contributed by atoms with van der Waals surface area (Å²) < 4.78 is 3.34. The first-order chi connectivity index (χ1) is 11.3. The van der Waals surface area contributed by atoms with E-state index >= 15 is 0 Å². The average Bonchev–Trinajstić information content (AvgIpc) is 3.16. The van der Waals surface area contributed by atoms with Crippen molar-refractivity contribution in [2.24, 2.45) is 0 Å². The van der Waals surface area contributed by atoms with Crippen LogP contribution in [-0.2, 0) is 0 Å². The predicted molar refractivity (Wildman–Crippen MR) is 100 cm³/mol. The molecule has 5 aromatic rings. The third-order valence-electron chi connectivity index (χ3n) is 4.44. The number of rotatable bonds is 1. The number of halogens is 1. The zero-order valence-corrected chi connectivity index (χ0v) is 13.8. The minimum Gasteiger partial charge on any atom is -0.354 e. The Morgan fingerprint density at radius 1 is 0.783 bits per heavy atom. The first-order valence-electron chi connectivity index (χ1n) is 7.58. The predicted octanol–water partition coefficient (Wildman–Crippen LogP) is 6.03. The Morgan fingerprint density at radius 2 is 1.65 bits per heavy atom. The fraction of sp³-hybridized carbons (Fsp3) is 0. The minimum absolute atomic E-state index is 1.10. The van der Waals surface area contributed by atoms with Gasteiger partial charge in [-0.2, -0.15) is 0 Å². The van der Waals surface area contributed by atoms with E-state index in [4.69, 9.17) is 0 Å². The number of H-pyrrole nitrogens is 1. The zero-order valence-electron chi connectivity index (χ0n) is 12.3. The number of aromatic nitrogens is 2. The minimum atomic E-state index is 1.10. The first-order valence-corrected chi connectivity index (χ1v) is 8.37. The van der Waals surface area contributed by atoms with E-state index in [2.05, 4.69) is 92.3 Å². The molecule has 2 nitrogen and oxygen atoms in total. The van der Waals surface area contributed by atoms with E-state index in [1.165, 1.54) is 38.4 Å². The molecule has 110 valence electrons. The quantitative estimate of drug-likeness (QED) is 0.376. The maximum atomic E-state index is 3.58. The van der Waals surface area contributed by atoms with Gasteiger partial charge in [-0.15, -0.1) is 0 Å². The second-order valence-electron chi connectivity index (χ2n) is 5.76. The highest BCUT2D eigenvalue weighted by atomic mass is 79.9. The molecular weight excluding hydrogens is 348 g/mol. The van der Waals surface area contributed by atoms with Crippen LogP contribution in [0.4, 0.5) is 0 Å². The third kappa shape index (κ3) is 1.87. The lowest BCUT2D eigenvalue weighted by atomic mass is 10.1. The summed E-state index contributed by atoms with van der Waals surface area (Å²) in [6, 6.07) is 23.4. The van der Waals surface area contributed by atoms with Gasteiger partial charge in [-0.3, -0.25) is 0 Å². The molecule has 0 atom stereocenters. The van der Waals surface area contributed by atoms with Gasteiger partial charge in [0, 0.05) is 38.0 Å². The average molecular weight is 361 g/mol. The van der Waals surface area contributed by atoms with Crippen molar-refractivity contribution in [1.29, 1.82) is 0 Å². The molecule has 0 aliphatic carbocycles. The van der Waals surface area contributed by atoms with Gasteiger partial charge >= 0.3 is 0 Å². The Morgan fingerprint density at radius 3 is 2.52 bits per heavy atom. The van der Waals surface area contributed by atoms with Crippen molar-refractivity contribution >= 4 is 48.6 Å². The van der Waals surface area contributed by atoms with E-state index in [0.717, 1.165) is 4.47 Å². The number of nitrogens with one attached hydrogen (secondary N) is 1. The molecule has 0 radical (unpaired) electrons. The second-order valence-corrected chi connectivity index (χ2v) is 6.67. The third-order valence-corrected chi connectivity index (χ3v) is 4.93. The number of aromatic amines is 1. The van der Waals surface area contributed by atoms with Gasteiger partial charge in [0.25, 0.3) is 0 Å². The number of hydrogen-bond donors (Lipinski definition) is 1. The van der Waals surface area contributed by atoms with Gasteiger partial charge in [0.1, 0.15) is 0 Å². The summed E-state index contributed by atoms with van der Waals surface area (Å²) in [5.74, 6) is 0. The van der Waals surface area contributed by atoms with Crippen LogP contribution >= 0.6 is 15.9 Å². The van der Waals surface area contributed by atoms with Crippen LogP contribution in [0.25, 0.3) is 38.4 Å². The Labute approximate surface area is 141 Å². The van der Waals surface area contributed by atoms with Crippen molar-refractivity contribution in [3.63, 3.8) is 0 Å². The fourth-order valence-electron chi connectivity index (χ4n) is 3.37. The molecule has 0 aliphatic rings. The molecule has 3 heteroatoms. The van der Waals surface area contributed by atoms with Crippen molar-refractivity contribution in [3.05, 3.63) is 77.4 Å². The molecule has 23 heavy (non-hydrogen) atoms. The van der Waals surface area contributed by atoms with Gasteiger partial charge < -0.3 is 9.55 Å². The fourth-order valence-corrected chi connectivity index (χ4v) is 3.73. The molecule has 0 amide bonds. The van der Waals surface area contributed by atoms with Crippen molar-refractivity contribution in [2.75, 3.05) is 0 Å². The van der Waals surface area contributed by atoms with Gasteiger partial charge in [0.2, 0.25) is 0 Å². The number of hydrogen-bond acceptors (Lipinski definition) is 0. The van der Waals surface area contributed by atoms with Crippen molar-refractivity contribution in [3.8, 4) is 5.69 Å². The van der Waals surface area contributed by atoms with Crippen LogP contribution in [0.2, 0.25) is 0 Å². The van der Waals surface area contributed by atoms with Crippen molar-refractivity contribution in [2.45, 2.75) is 0 Å². The molecule has 0 saturated carbocycles. The maximum absolute atomic E-state index is 3.58. The molecule has 0 spiro atoms. The second kappa shape index (κ2) is 4.74. The normalized spacial score (nSPS) is 11.7. The standard InChI is InChI=1S/C20H13BrN2/c21-13-6-8-18-17(12-13)15-7-9-19-16(20(15)22-18)10-11-23(19)14-4-2-1-3-5-14/h1-12,22H. The molecule has 0 unspecified atom stereocenters. The Hall–Kier alpha value is -2.52. The molecule has 1 N–H and O–H groups in total. The summed E-state index contributed by atoms with van der Waals surface area (Å²) in [4.78, 5) is 3.58. The first kappa shape index (κ1) is 13.0. The lowest BCUT2D eigenvalue weighted by molar-refractivity contribution is 1.13. The molecule has 0 bridgehead atoms. The lowest BCUT2D eigenvalue weighted by Crippen LogP contribution is -1.90. The summed E-state index contributed by atoms with van der Waals surface area (Å²) in [5.41, 5.74) is 4.77. The van der Waals surface area contributed by atoms with Crippen LogP contribution < -0.4 is 0 Å². The van der Waals surface area contributed by atoms with E-state index < -0.39 is 0 Å². The topological polar surface area (TPSA) is 20.7 Å². The SMILES string of the molecule is Brc1ccc2[nH]c3c(ccc4c3ccn4-c3ccccc3)c2c1. The lowest BCUT2D eigenvalue weighted by Gasteiger charge is -2.05. The molecule has 0 saturated heterocycles. The van der Waals surface area contributed by atoms with Crippen LogP contribution in [-0.4, -0.2) is 9.55 Å². The summed E-state index contributed by atoms with van der Waals surface area (Å²) in [6.45, 7) is 0. The highest BCUT2D eigenvalue weighted by molar-refractivity contribution is 9.10. The van der Waals surface area contributed by atoms with Gasteiger partial charge in [-0.1, -0.05) is 40.2 Å². The molecule has 0 fully saturated rings. The maximum Gasteiger partial charge on any atom is 0.0560 e. The molecule has 0 aliphatic heterocycles. The van der Waals surface area contributed by atoms with Crippen molar-refractivity contribution < 1.29 is 0 Å². The van der Waals surface area contributed by atoms with Gasteiger partial charge in [0.15, 0.2) is 0 Å². The van der Waals surface area contributed by atoms with E-state index in [-0.39, 0.29) is 0 Å². The van der Waals surface area contributed by atoms with Crippen LogP contribution in [0.5, 0.6) is 0 Å². The van der Waals surface area contributed by atoms with Crippen LogP contribution in [0, 0.1) is 0 Å². The number of nitrogens with zero attached hydrogens (tertiary/aromatic N) is 1. The van der Waals surface area contributed by atoms with Crippen LogP contribution in [0.1, 0.15) is 0 Å². The Bertz CT molecular complexity index is 1170. The zero-order chi connectivity index (χ0) is 15.4. The van der Waals surface area contributed by atoms with Crippen LogP contribution in [0.3, 0.4) is 0 Å². The van der Waals surface area contributed by atoms with Gasteiger partial charge in [0.05, 0.1) is 11.0 Å². The van der Waals surface area contributed by atoms with E-state index in [9.17, 15) is 0 Å². The van der Waals surface area contributed by atoms with E-state index in [1.807, 2.05) is 6.07 Å². The van der Waals surface area contributed by atoms with Gasteiger partial charge in [-0.25, -0.2) is 0 Å². The summed E-state index contributed by atoms with van der Waals surface area (Å²) in [5, 5.41) is 3.77. The monoisotopic (exact) mass is 360 g/mol. The Kier molecular flexibility index (Phi) is 2.67. The number of para-hydroxylation sites is 1. The highest BCUT2D eigenvalue weighted by Gasteiger charge is 2.11. The summed E-state index contributed by atoms with van der Waals surface area (Å²) >= 11 is 3.57. The smallest absolute Gasteiger partial charge is 0.0560 e. The molecule has 5 rings (SSSR count). The van der Waals surface area contributed by atoms with E-state index in [1.54, 1.807) is 0 Å². The van der Waals surface area contributed by atoms with Crippen LogP contribution in [0.15, 0.2) is 77.4 Å². The molecule has 2 aromatic heterocycles. The number of fused-ring (bicyclic) bond motifs is 5. The van der Waals surface area contributed by atoms with Gasteiger partial charge in [-0.05, 0) is 42.5 Å².